The summed E-state index contributed by atoms with van der Waals surface area (Å²) in [5.74, 6) is 6.43. The zero-order chi connectivity index (χ0) is 14.5. The highest BCUT2D eigenvalue weighted by atomic mass is 35.5. The van der Waals surface area contributed by atoms with Crippen molar-refractivity contribution in [1.82, 2.24) is 10.2 Å². The lowest BCUT2D eigenvalue weighted by Gasteiger charge is -2.31. The van der Waals surface area contributed by atoms with E-state index in [0.29, 0.717) is 0 Å². The van der Waals surface area contributed by atoms with Gasteiger partial charge in [0.2, 0.25) is 0 Å². The van der Waals surface area contributed by atoms with Gasteiger partial charge in [0.05, 0.1) is 6.54 Å². The lowest BCUT2D eigenvalue weighted by molar-refractivity contribution is 0.464. The Hall–Kier alpha value is -0.920. The first-order valence-corrected chi connectivity index (χ1v) is 7.35. The molecule has 3 nitrogen and oxygen atoms in total. The number of anilines is 1. The van der Waals surface area contributed by atoms with E-state index in [1.54, 1.807) is 0 Å². The minimum absolute atomic E-state index is 0. The fraction of sp³-hybridized carbons (Fsp3) is 0.500. The molecule has 5 heteroatoms. The number of piperazine rings is 1. The number of benzene rings is 1. The van der Waals surface area contributed by atoms with Gasteiger partial charge in [0.1, 0.15) is 0 Å². The van der Waals surface area contributed by atoms with Crippen LogP contribution in [-0.2, 0) is 0 Å². The zero-order valence-corrected chi connectivity index (χ0v) is 14.4. The molecule has 0 radical (unpaired) electrons. The molecule has 0 bridgehead atoms. The second kappa shape index (κ2) is 8.51. The van der Waals surface area contributed by atoms with Gasteiger partial charge in [-0.1, -0.05) is 23.4 Å². The molecule has 0 saturated carbocycles. The molecule has 0 unspecified atom stereocenters. The molecule has 1 heterocycles. The summed E-state index contributed by atoms with van der Waals surface area (Å²) in [5.41, 5.74) is 3.48. The highest BCUT2D eigenvalue weighted by molar-refractivity contribution is 6.31. The van der Waals surface area contributed by atoms with Crippen molar-refractivity contribution >= 4 is 29.7 Å². The number of nitrogens with zero attached hydrogens (tertiary/aromatic N) is 2. The van der Waals surface area contributed by atoms with Crippen LogP contribution in [-0.4, -0.2) is 51.7 Å². The van der Waals surface area contributed by atoms with Crippen LogP contribution < -0.4 is 10.2 Å². The Morgan fingerprint density at radius 3 is 2.57 bits per heavy atom. The average molecular weight is 328 g/mol. The van der Waals surface area contributed by atoms with Crippen molar-refractivity contribution in [3.63, 3.8) is 0 Å². The van der Waals surface area contributed by atoms with Crippen molar-refractivity contribution in [2.75, 3.05) is 51.7 Å². The van der Waals surface area contributed by atoms with E-state index in [9.17, 15) is 0 Å². The fourth-order valence-corrected chi connectivity index (χ4v) is 2.53. The lowest BCUT2D eigenvalue weighted by Crippen LogP contribution is -2.43. The van der Waals surface area contributed by atoms with E-state index in [2.05, 4.69) is 39.9 Å². The Bertz CT molecular complexity index is 526. The molecule has 1 aliphatic rings. The van der Waals surface area contributed by atoms with Crippen LogP contribution in [0.15, 0.2) is 12.1 Å². The smallest absolute Gasteiger partial charge is 0.0600 e. The van der Waals surface area contributed by atoms with Crippen LogP contribution in [0.3, 0.4) is 0 Å². The Morgan fingerprint density at radius 2 is 1.95 bits per heavy atom. The Morgan fingerprint density at radius 1 is 1.29 bits per heavy atom. The van der Waals surface area contributed by atoms with Gasteiger partial charge in [-0.3, -0.25) is 4.90 Å². The highest BCUT2D eigenvalue weighted by Gasteiger charge is 2.14. The van der Waals surface area contributed by atoms with Gasteiger partial charge in [-0.15, -0.1) is 12.4 Å². The molecular formula is C16H23Cl2N3. The summed E-state index contributed by atoms with van der Waals surface area (Å²) in [6, 6.07) is 4.02. The second-order valence-electron chi connectivity index (χ2n) is 5.37. The maximum Gasteiger partial charge on any atom is 0.0600 e. The molecule has 1 aromatic carbocycles. The summed E-state index contributed by atoms with van der Waals surface area (Å²) in [6.07, 6.45) is 0. The van der Waals surface area contributed by atoms with E-state index in [1.165, 1.54) is 11.3 Å². The van der Waals surface area contributed by atoms with Gasteiger partial charge < -0.3 is 10.2 Å². The highest BCUT2D eigenvalue weighted by Crippen LogP contribution is 2.27. The predicted molar refractivity (Wildman–Crippen MR) is 94.0 cm³/mol. The van der Waals surface area contributed by atoms with Crippen molar-refractivity contribution in [2.45, 2.75) is 6.92 Å². The first-order valence-electron chi connectivity index (χ1n) is 6.97. The number of rotatable bonds is 2. The number of hydrogen-bond donors (Lipinski definition) is 1. The van der Waals surface area contributed by atoms with Gasteiger partial charge in [0, 0.05) is 42.5 Å². The summed E-state index contributed by atoms with van der Waals surface area (Å²) in [6.45, 7) is 6.97. The van der Waals surface area contributed by atoms with Crippen molar-refractivity contribution < 1.29 is 0 Å². The van der Waals surface area contributed by atoms with Crippen molar-refractivity contribution in [2.24, 2.45) is 0 Å². The fourth-order valence-electron chi connectivity index (χ4n) is 2.32. The van der Waals surface area contributed by atoms with Gasteiger partial charge in [0.15, 0.2) is 0 Å². The van der Waals surface area contributed by atoms with Crippen LogP contribution >= 0.6 is 24.0 Å². The molecule has 0 spiro atoms. The van der Waals surface area contributed by atoms with E-state index in [0.717, 1.165) is 43.3 Å². The lowest BCUT2D eigenvalue weighted by atomic mass is 10.1. The van der Waals surface area contributed by atoms with E-state index in [-0.39, 0.29) is 12.4 Å². The number of hydrogen-bond acceptors (Lipinski definition) is 3. The van der Waals surface area contributed by atoms with Gasteiger partial charge in [-0.25, -0.2) is 0 Å². The largest absolute Gasteiger partial charge is 0.369 e. The molecule has 21 heavy (non-hydrogen) atoms. The topological polar surface area (TPSA) is 18.5 Å². The summed E-state index contributed by atoms with van der Waals surface area (Å²) < 4.78 is 0. The Kier molecular flexibility index (Phi) is 7.34. The van der Waals surface area contributed by atoms with Gasteiger partial charge in [-0.05, 0) is 38.7 Å². The normalized spacial score (nSPS) is 14.4. The number of halogens is 2. The molecule has 1 saturated heterocycles. The monoisotopic (exact) mass is 327 g/mol. The molecule has 0 aliphatic carbocycles. The molecule has 1 N–H and O–H groups in total. The van der Waals surface area contributed by atoms with E-state index < -0.39 is 0 Å². The molecule has 0 atom stereocenters. The summed E-state index contributed by atoms with van der Waals surface area (Å²) >= 11 is 6.26. The van der Waals surface area contributed by atoms with Crippen LogP contribution in [0.1, 0.15) is 11.1 Å². The van der Waals surface area contributed by atoms with Crippen LogP contribution in [0.4, 0.5) is 5.69 Å². The first-order chi connectivity index (χ1) is 9.58. The summed E-state index contributed by atoms with van der Waals surface area (Å²) in [4.78, 5) is 4.44. The SMILES string of the molecule is Cc1c(C#CCN(C)C)cc(Cl)cc1N1CCNCC1.Cl. The van der Waals surface area contributed by atoms with Crippen molar-refractivity contribution in [3.8, 4) is 11.8 Å². The zero-order valence-electron chi connectivity index (χ0n) is 12.9. The standard InChI is InChI=1S/C16H22ClN3.ClH/c1-13-14(5-4-8-19(2)3)11-15(17)12-16(13)20-9-6-18-7-10-20;/h11-12,18H,6-10H2,1-3H3;1H. The minimum atomic E-state index is 0. The Balaban J connectivity index is 0.00000220. The molecule has 2 rings (SSSR count). The summed E-state index contributed by atoms with van der Waals surface area (Å²) in [7, 11) is 4.04. The number of nitrogens with one attached hydrogen (secondary N) is 1. The second-order valence-corrected chi connectivity index (χ2v) is 5.81. The van der Waals surface area contributed by atoms with Crippen LogP contribution in [0.5, 0.6) is 0 Å². The average Bonchev–Trinajstić information content (AvgIpc) is 2.43. The maximum atomic E-state index is 6.26. The third-order valence-corrected chi connectivity index (χ3v) is 3.64. The summed E-state index contributed by atoms with van der Waals surface area (Å²) in [5, 5.41) is 4.13. The molecule has 1 fully saturated rings. The maximum absolute atomic E-state index is 6.26. The van der Waals surface area contributed by atoms with Gasteiger partial charge in [0.25, 0.3) is 0 Å². The van der Waals surface area contributed by atoms with Crippen LogP contribution in [0.25, 0.3) is 0 Å². The van der Waals surface area contributed by atoms with Crippen molar-refractivity contribution in [3.05, 3.63) is 28.3 Å². The molecule has 0 aromatic heterocycles. The van der Waals surface area contributed by atoms with E-state index in [4.69, 9.17) is 11.6 Å². The molecule has 1 aromatic rings. The molecule has 116 valence electrons. The van der Waals surface area contributed by atoms with E-state index >= 15 is 0 Å². The first kappa shape index (κ1) is 18.1. The van der Waals surface area contributed by atoms with Crippen molar-refractivity contribution in [1.29, 1.82) is 0 Å². The van der Waals surface area contributed by atoms with E-state index in [1.807, 2.05) is 20.2 Å². The van der Waals surface area contributed by atoms with Gasteiger partial charge in [-0.2, -0.15) is 0 Å². The third-order valence-electron chi connectivity index (χ3n) is 3.42. The quantitative estimate of drug-likeness (QED) is 0.841. The predicted octanol–water partition coefficient (Wildman–Crippen LogP) is 2.39. The third kappa shape index (κ3) is 5.09. The Labute approximate surface area is 139 Å². The van der Waals surface area contributed by atoms with Gasteiger partial charge >= 0.3 is 0 Å². The molecule has 0 amide bonds. The molecule has 1 aliphatic heterocycles. The molecular weight excluding hydrogens is 305 g/mol. The van der Waals surface area contributed by atoms with Crippen LogP contribution in [0, 0.1) is 18.8 Å². The van der Waals surface area contributed by atoms with Crippen LogP contribution in [0.2, 0.25) is 5.02 Å². The minimum Gasteiger partial charge on any atom is -0.369 e.